The van der Waals surface area contributed by atoms with E-state index in [1.807, 2.05) is 18.2 Å². The number of nitrogens with one attached hydrogen (secondary N) is 1. The Balaban J connectivity index is 2.02. The number of halogens is 1. The Morgan fingerprint density at radius 1 is 1.33 bits per heavy atom. The first-order chi connectivity index (χ1) is 8.56. The lowest BCUT2D eigenvalue weighted by molar-refractivity contribution is 0.135. The van der Waals surface area contributed by atoms with Gasteiger partial charge < -0.3 is 10.5 Å². The highest BCUT2D eigenvalue weighted by Gasteiger charge is 2.19. The maximum atomic E-state index is 7.43. The van der Waals surface area contributed by atoms with Gasteiger partial charge in [-0.15, -0.1) is 0 Å². The van der Waals surface area contributed by atoms with Gasteiger partial charge in [-0.3, -0.25) is 5.41 Å². The maximum absolute atomic E-state index is 7.43. The molecule has 0 aliphatic heterocycles. The molecule has 3 N–H and O–H groups in total. The van der Waals surface area contributed by atoms with Crippen LogP contribution in [0.15, 0.2) is 22.7 Å². The topological polar surface area (TPSA) is 59.1 Å². The van der Waals surface area contributed by atoms with Crippen LogP contribution in [-0.2, 0) is 0 Å². The Morgan fingerprint density at radius 2 is 2.00 bits per heavy atom. The Labute approximate surface area is 116 Å². The van der Waals surface area contributed by atoms with Crippen LogP contribution in [0.5, 0.6) is 5.75 Å². The predicted molar refractivity (Wildman–Crippen MR) is 77.2 cm³/mol. The summed E-state index contributed by atoms with van der Waals surface area (Å²) in [5.74, 6) is 1.75. The van der Waals surface area contributed by atoms with Gasteiger partial charge in [0, 0.05) is 10.0 Å². The molecule has 4 heteroatoms. The molecule has 1 aromatic carbocycles. The van der Waals surface area contributed by atoms with E-state index in [4.69, 9.17) is 15.9 Å². The Kier molecular flexibility index (Phi) is 4.27. The van der Waals surface area contributed by atoms with Crippen LogP contribution >= 0.6 is 15.9 Å². The van der Waals surface area contributed by atoms with Gasteiger partial charge in [0.25, 0.3) is 0 Å². The average molecular weight is 311 g/mol. The van der Waals surface area contributed by atoms with Gasteiger partial charge in [-0.05, 0) is 65.7 Å². The fourth-order valence-corrected chi connectivity index (χ4v) is 2.90. The molecule has 98 valence electrons. The van der Waals surface area contributed by atoms with Crippen molar-refractivity contribution in [1.82, 2.24) is 0 Å². The van der Waals surface area contributed by atoms with Crippen molar-refractivity contribution in [3.05, 3.63) is 28.2 Å². The minimum atomic E-state index is 0.0694. The average Bonchev–Trinajstić information content (AvgIpc) is 2.32. The van der Waals surface area contributed by atoms with E-state index < -0.39 is 0 Å². The minimum absolute atomic E-state index is 0.0694. The molecule has 18 heavy (non-hydrogen) atoms. The van der Waals surface area contributed by atoms with E-state index in [-0.39, 0.29) is 5.84 Å². The van der Waals surface area contributed by atoms with Crippen molar-refractivity contribution in [2.24, 2.45) is 11.7 Å². The fraction of sp³-hybridized carbons (Fsp3) is 0.500. The Bertz CT molecular complexity index is 439. The number of nitrogen functional groups attached to an aromatic ring is 1. The summed E-state index contributed by atoms with van der Waals surface area (Å²) in [6.07, 6.45) is 5.09. The molecule has 0 saturated heterocycles. The second-order valence-corrected chi connectivity index (χ2v) is 5.91. The predicted octanol–water partition coefficient (Wildman–Crippen LogP) is 3.69. The highest BCUT2D eigenvalue weighted by molar-refractivity contribution is 9.10. The van der Waals surface area contributed by atoms with Crippen molar-refractivity contribution >= 4 is 21.8 Å². The van der Waals surface area contributed by atoms with Gasteiger partial charge in [0.15, 0.2) is 0 Å². The van der Waals surface area contributed by atoms with E-state index in [0.29, 0.717) is 11.7 Å². The van der Waals surface area contributed by atoms with Crippen LogP contribution in [0.3, 0.4) is 0 Å². The van der Waals surface area contributed by atoms with E-state index in [1.165, 1.54) is 12.8 Å². The van der Waals surface area contributed by atoms with E-state index in [0.717, 1.165) is 29.0 Å². The second-order valence-electron chi connectivity index (χ2n) is 5.06. The summed E-state index contributed by atoms with van der Waals surface area (Å²) in [5.41, 5.74) is 6.18. The molecule has 0 unspecified atom stereocenters. The summed E-state index contributed by atoms with van der Waals surface area (Å²) in [5, 5.41) is 7.43. The monoisotopic (exact) mass is 310 g/mol. The quantitative estimate of drug-likeness (QED) is 0.660. The van der Waals surface area contributed by atoms with Crippen molar-refractivity contribution < 1.29 is 4.74 Å². The van der Waals surface area contributed by atoms with Gasteiger partial charge in [0.2, 0.25) is 0 Å². The van der Waals surface area contributed by atoms with Crippen LogP contribution in [0.4, 0.5) is 0 Å². The van der Waals surface area contributed by atoms with Gasteiger partial charge in [0.05, 0.1) is 6.10 Å². The molecule has 0 bridgehead atoms. The lowest BCUT2D eigenvalue weighted by Crippen LogP contribution is -2.23. The molecule has 0 atom stereocenters. The lowest BCUT2D eigenvalue weighted by Gasteiger charge is -2.27. The molecule has 0 radical (unpaired) electrons. The summed E-state index contributed by atoms with van der Waals surface area (Å²) < 4.78 is 6.79. The molecular weight excluding hydrogens is 292 g/mol. The first-order valence-electron chi connectivity index (χ1n) is 6.37. The molecule has 0 heterocycles. The molecule has 1 aromatic rings. The summed E-state index contributed by atoms with van der Waals surface area (Å²) in [6.45, 7) is 2.30. The number of nitrogens with two attached hydrogens (primary N) is 1. The minimum Gasteiger partial charge on any atom is -0.490 e. The molecule has 1 saturated carbocycles. The molecule has 1 aliphatic rings. The second kappa shape index (κ2) is 5.74. The van der Waals surface area contributed by atoms with Crippen LogP contribution < -0.4 is 10.5 Å². The van der Waals surface area contributed by atoms with E-state index in [2.05, 4.69) is 22.9 Å². The smallest absolute Gasteiger partial charge is 0.123 e. The molecule has 3 nitrogen and oxygen atoms in total. The first kappa shape index (κ1) is 13.4. The molecule has 0 aromatic heterocycles. The number of benzene rings is 1. The van der Waals surface area contributed by atoms with Gasteiger partial charge >= 0.3 is 0 Å². The van der Waals surface area contributed by atoms with E-state index in [1.54, 1.807) is 0 Å². The van der Waals surface area contributed by atoms with Gasteiger partial charge in [-0.2, -0.15) is 0 Å². The number of hydrogen-bond acceptors (Lipinski definition) is 2. The van der Waals surface area contributed by atoms with Gasteiger partial charge in [0.1, 0.15) is 11.6 Å². The van der Waals surface area contributed by atoms with E-state index >= 15 is 0 Å². The zero-order chi connectivity index (χ0) is 13.1. The van der Waals surface area contributed by atoms with E-state index in [9.17, 15) is 0 Å². The fourth-order valence-electron chi connectivity index (χ4n) is 2.33. The number of ether oxygens (including phenoxy) is 1. The summed E-state index contributed by atoms with van der Waals surface area (Å²) >= 11 is 3.42. The van der Waals surface area contributed by atoms with Gasteiger partial charge in [-0.1, -0.05) is 6.92 Å². The lowest BCUT2D eigenvalue weighted by atomic mass is 9.89. The van der Waals surface area contributed by atoms with Crippen LogP contribution in [0, 0.1) is 11.3 Å². The highest BCUT2D eigenvalue weighted by Crippen LogP contribution is 2.29. The summed E-state index contributed by atoms with van der Waals surface area (Å²) in [7, 11) is 0. The molecule has 1 aliphatic carbocycles. The molecule has 0 amide bonds. The third kappa shape index (κ3) is 3.25. The Hall–Kier alpha value is -1.03. The van der Waals surface area contributed by atoms with Crippen molar-refractivity contribution in [3.63, 3.8) is 0 Å². The molecule has 2 rings (SSSR count). The van der Waals surface area contributed by atoms with Crippen molar-refractivity contribution in [3.8, 4) is 5.75 Å². The number of hydrogen-bond donors (Lipinski definition) is 2. The number of amidine groups is 1. The molecular formula is C14H19BrN2O. The largest absolute Gasteiger partial charge is 0.490 e. The standard InChI is InChI=1S/C14H19BrN2O/c1-9-2-4-10(5-3-9)18-11-6-7-12(14(16)17)13(15)8-11/h6-10H,2-5H2,1H3,(H3,16,17). The van der Waals surface area contributed by atoms with Crippen molar-refractivity contribution in [2.75, 3.05) is 0 Å². The van der Waals surface area contributed by atoms with Crippen molar-refractivity contribution in [1.29, 1.82) is 5.41 Å². The zero-order valence-electron chi connectivity index (χ0n) is 10.6. The van der Waals surface area contributed by atoms with Crippen LogP contribution in [-0.4, -0.2) is 11.9 Å². The maximum Gasteiger partial charge on any atom is 0.123 e. The summed E-state index contributed by atoms with van der Waals surface area (Å²) in [6, 6.07) is 5.61. The SMILES string of the molecule is CC1CCC(Oc2ccc(C(=N)N)c(Br)c2)CC1. The third-order valence-corrected chi connectivity index (χ3v) is 4.15. The highest BCUT2D eigenvalue weighted by atomic mass is 79.9. The Morgan fingerprint density at radius 3 is 2.56 bits per heavy atom. The first-order valence-corrected chi connectivity index (χ1v) is 7.16. The zero-order valence-corrected chi connectivity index (χ0v) is 12.2. The van der Waals surface area contributed by atoms with Crippen LogP contribution in [0.1, 0.15) is 38.2 Å². The number of rotatable bonds is 3. The molecule has 0 spiro atoms. The van der Waals surface area contributed by atoms with Crippen LogP contribution in [0.25, 0.3) is 0 Å². The van der Waals surface area contributed by atoms with Gasteiger partial charge in [-0.25, -0.2) is 0 Å². The van der Waals surface area contributed by atoms with Crippen molar-refractivity contribution in [2.45, 2.75) is 38.7 Å². The van der Waals surface area contributed by atoms with Crippen LogP contribution in [0.2, 0.25) is 0 Å². The normalized spacial score (nSPS) is 23.7. The molecule has 1 fully saturated rings. The summed E-state index contributed by atoms with van der Waals surface area (Å²) in [4.78, 5) is 0. The third-order valence-electron chi connectivity index (χ3n) is 3.50.